The first-order chi connectivity index (χ1) is 9.54. The van der Waals surface area contributed by atoms with Gasteiger partial charge in [0, 0.05) is 19.6 Å². The van der Waals surface area contributed by atoms with Crippen LogP contribution in [0.15, 0.2) is 28.9 Å². The molecule has 6 heteroatoms. The van der Waals surface area contributed by atoms with Crippen molar-refractivity contribution in [1.82, 2.24) is 20.3 Å². The Bertz CT molecular complexity index is 568. The first kappa shape index (κ1) is 15.0. The molecule has 2 aromatic rings. The number of aryl methyl sites for hydroxylation is 1. The Morgan fingerprint density at radius 2 is 2.20 bits per heavy atom. The van der Waals surface area contributed by atoms with Gasteiger partial charge < -0.3 is 10.1 Å². The van der Waals surface area contributed by atoms with Crippen LogP contribution in [0.3, 0.4) is 0 Å². The molecule has 20 heavy (non-hydrogen) atoms. The zero-order valence-corrected chi connectivity index (χ0v) is 13.5. The maximum absolute atomic E-state index is 5.73. The number of rotatable bonds is 6. The van der Waals surface area contributed by atoms with E-state index in [9.17, 15) is 0 Å². The summed E-state index contributed by atoms with van der Waals surface area (Å²) in [4.78, 5) is 0. The number of ether oxygens (including phenoxy) is 1. The summed E-state index contributed by atoms with van der Waals surface area (Å²) < 4.78 is 8.34. The van der Waals surface area contributed by atoms with E-state index in [0.29, 0.717) is 12.6 Å². The Morgan fingerprint density at radius 3 is 2.80 bits per heavy atom. The second-order valence-electron chi connectivity index (χ2n) is 4.97. The van der Waals surface area contributed by atoms with Crippen molar-refractivity contribution in [3.05, 3.63) is 40.1 Å². The lowest BCUT2D eigenvalue weighted by atomic mass is 10.2. The SMILES string of the molecule is CC(C)NCc1ccc(OCc2cn(C)nn2)c(Br)c1. The van der Waals surface area contributed by atoms with Gasteiger partial charge in [-0.3, -0.25) is 4.68 Å². The van der Waals surface area contributed by atoms with Gasteiger partial charge in [0.15, 0.2) is 0 Å². The van der Waals surface area contributed by atoms with Crippen molar-refractivity contribution >= 4 is 15.9 Å². The normalized spacial score (nSPS) is 11.1. The molecule has 1 aromatic heterocycles. The van der Waals surface area contributed by atoms with Crippen LogP contribution in [-0.2, 0) is 20.2 Å². The summed E-state index contributed by atoms with van der Waals surface area (Å²) in [6, 6.07) is 6.58. The van der Waals surface area contributed by atoms with E-state index in [1.165, 1.54) is 5.56 Å². The van der Waals surface area contributed by atoms with Crippen LogP contribution in [0.5, 0.6) is 5.75 Å². The molecule has 0 spiro atoms. The summed E-state index contributed by atoms with van der Waals surface area (Å²) in [5.41, 5.74) is 2.03. The number of nitrogens with zero attached hydrogens (tertiary/aromatic N) is 3. The third kappa shape index (κ3) is 4.31. The molecule has 0 radical (unpaired) electrons. The highest BCUT2D eigenvalue weighted by Crippen LogP contribution is 2.26. The molecule has 1 heterocycles. The average Bonchev–Trinajstić information content (AvgIpc) is 2.81. The van der Waals surface area contributed by atoms with Gasteiger partial charge in [0.25, 0.3) is 0 Å². The van der Waals surface area contributed by atoms with Gasteiger partial charge in [0.2, 0.25) is 0 Å². The van der Waals surface area contributed by atoms with Gasteiger partial charge in [-0.15, -0.1) is 5.10 Å². The third-order valence-electron chi connectivity index (χ3n) is 2.74. The molecule has 1 aromatic carbocycles. The van der Waals surface area contributed by atoms with Crippen LogP contribution in [0.4, 0.5) is 0 Å². The van der Waals surface area contributed by atoms with Crippen LogP contribution in [-0.4, -0.2) is 21.0 Å². The van der Waals surface area contributed by atoms with E-state index in [0.717, 1.165) is 22.5 Å². The van der Waals surface area contributed by atoms with E-state index >= 15 is 0 Å². The van der Waals surface area contributed by atoms with Gasteiger partial charge >= 0.3 is 0 Å². The molecule has 2 rings (SSSR count). The fourth-order valence-electron chi connectivity index (χ4n) is 1.71. The molecule has 0 saturated heterocycles. The fraction of sp³-hybridized carbons (Fsp3) is 0.429. The predicted molar refractivity (Wildman–Crippen MR) is 81.5 cm³/mol. The van der Waals surface area contributed by atoms with Crippen LogP contribution in [0.1, 0.15) is 25.1 Å². The van der Waals surface area contributed by atoms with Crippen LogP contribution >= 0.6 is 15.9 Å². The van der Waals surface area contributed by atoms with Gasteiger partial charge in [-0.1, -0.05) is 25.1 Å². The highest BCUT2D eigenvalue weighted by Gasteiger charge is 2.05. The van der Waals surface area contributed by atoms with E-state index in [1.807, 2.05) is 19.3 Å². The average molecular weight is 339 g/mol. The van der Waals surface area contributed by atoms with Crippen molar-refractivity contribution in [2.75, 3.05) is 0 Å². The Labute approximate surface area is 127 Å². The highest BCUT2D eigenvalue weighted by atomic mass is 79.9. The van der Waals surface area contributed by atoms with Crippen molar-refractivity contribution in [2.24, 2.45) is 7.05 Å². The van der Waals surface area contributed by atoms with Crippen LogP contribution in [0.25, 0.3) is 0 Å². The van der Waals surface area contributed by atoms with Crippen molar-refractivity contribution < 1.29 is 4.74 Å². The Hall–Kier alpha value is -1.40. The minimum Gasteiger partial charge on any atom is -0.486 e. The van der Waals surface area contributed by atoms with Crippen molar-refractivity contribution in [2.45, 2.75) is 33.0 Å². The monoisotopic (exact) mass is 338 g/mol. The molecule has 0 unspecified atom stereocenters. The zero-order valence-electron chi connectivity index (χ0n) is 11.9. The van der Waals surface area contributed by atoms with E-state index in [1.54, 1.807) is 4.68 Å². The summed E-state index contributed by atoms with van der Waals surface area (Å²) in [6.07, 6.45) is 1.84. The molecule has 0 aliphatic rings. The molecule has 5 nitrogen and oxygen atoms in total. The van der Waals surface area contributed by atoms with Gasteiger partial charge in [-0.25, -0.2) is 0 Å². The summed E-state index contributed by atoms with van der Waals surface area (Å²) >= 11 is 3.54. The van der Waals surface area contributed by atoms with E-state index in [2.05, 4.69) is 57.5 Å². The van der Waals surface area contributed by atoms with Crippen LogP contribution < -0.4 is 10.1 Å². The van der Waals surface area contributed by atoms with Crippen LogP contribution in [0.2, 0.25) is 0 Å². The van der Waals surface area contributed by atoms with Gasteiger partial charge in [-0.05, 0) is 33.6 Å². The first-order valence-corrected chi connectivity index (χ1v) is 7.33. The summed E-state index contributed by atoms with van der Waals surface area (Å²) in [5.74, 6) is 0.809. The summed E-state index contributed by atoms with van der Waals surface area (Å²) in [7, 11) is 1.84. The second kappa shape index (κ2) is 6.85. The Morgan fingerprint density at radius 1 is 1.40 bits per heavy atom. The lowest BCUT2D eigenvalue weighted by molar-refractivity contribution is 0.299. The second-order valence-corrected chi connectivity index (χ2v) is 5.83. The first-order valence-electron chi connectivity index (χ1n) is 6.54. The summed E-state index contributed by atoms with van der Waals surface area (Å²) in [6.45, 7) is 5.53. The smallest absolute Gasteiger partial charge is 0.134 e. The minimum absolute atomic E-state index is 0.413. The summed E-state index contributed by atoms with van der Waals surface area (Å²) in [5, 5.41) is 11.2. The quantitative estimate of drug-likeness (QED) is 0.879. The van der Waals surface area contributed by atoms with E-state index < -0.39 is 0 Å². The maximum Gasteiger partial charge on any atom is 0.134 e. The van der Waals surface area contributed by atoms with Crippen molar-refractivity contribution in [3.8, 4) is 5.75 Å². The molecule has 0 atom stereocenters. The fourth-order valence-corrected chi connectivity index (χ4v) is 2.25. The molecule has 0 aliphatic heterocycles. The van der Waals surface area contributed by atoms with Crippen molar-refractivity contribution in [3.63, 3.8) is 0 Å². The number of hydrogen-bond donors (Lipinski definition) is 1. The lowest BCUT2D eigenvalue weighted by Crippen LogP contribution is -2.21. The van der Waals surface area contributed by atoms with Crippen molar-refractivity contribution in [1.29, 1.82) is 0 Å². The lowest BCUT2D eigenvalue weighted by Gasteiger charge is -2.11. The molecular weight excluding hydrogens is 320 g/mol. The van der Waals surface area contributed by atoms with E-state index in [-0.39, 0.29) is 0 Å². The molecule has 0 saturated carbocycles. The highest BCUT2D eigenvalue weighted by molar-refractivity contribution is 9.10. The number of aromatic nitrogens is 3. The number of halogens is 1. The number of nitrogens with one attached hydrogen (secondary N) is 1. The van der Waals surface area contributed by atoms with E-state index in [4.69, 9.17) is 4.74 Å². The topological polar surface area (TPSA) is 52.0 Å². The van der Waals surface area contributed by atoms with Gasteiger partial charge in [0.05, 0.1) is 10.7 Å². The zero-order chi connectivity index (χ0) is 14.5. The minimum atomic E-state index is 0.413. The third-order valence-corrected chi connectivity index (χ3v) is 3.36. The Balaban J connectivity index is 1.95. The molecular formula is C14H19BrN4O. The largest absolute Gasteiger partial charge is 0.486 e. The van der Waals surface area contributed by atoms with Gasteiger partial charge in [0.1, 0.15) is 18.1 Å². The number of benzene rings is 1. The molecule has 108 valence electrons. The maximum atomic E-state index is 5.73. The molecule has 0 aliphatic carbocycles. The standard InChI is InChI=1S/C14H19BrN4O/c1-10(2)16-7-11-4-5-14(13(15)6-11)20-9-12-8-19(3)18-17-12/h4-6,8,10,16H,7,9H2,1-3H3. The predicted octanol–water partition coefficient (Wildman–Crippen LogP) is 2.65. The van der Waals surface area contributed by atoms with Crippen LogP contribution in [0, 0.1) is 0 Å². The number of hydrogen-bond acceptors (Lipinski definition) is 4. The molecule has 0 fully saturated rings. The molecule has 0 amide bonds. The van der Waals surface area contributed by atoms with Gasteiger partial charge in [-0.2, -0.15) is 0 Å². The molecule has 0 bridgehead atoms. The molecule has 1 N–H and O–H groups in total. The Kier molecular flexibility index (Phi) is 5.14.